The molecule has 0 aliphatic carbocycles. The molecule has 0 atom stereocenters. The van der Waals surface area contributed by atoms with Crippen molar-refractivity contribution in [2.24, 2.45) is 0 Å². The lowest BCUT2D eigenvalue weighted by Gasteiger charge is -2.04. The van der Waals surface area contributed by atoms with E-state index in [4.69, 9.17) is 0 Å². The summed E-state index contributed by atoms with van der Waals surface area (Å²) >= 11 is 0. The van der Waals surface area contributed by atoms with E-state index in [1.807, 2.05) is 20.0 Å². The zero-order chi connectivity index (χ0) is 10.7. The summed E-state index contributed by atoms with van der Waals surface area (Å²) in [6.45, 7) is 1.86. The average molecular weight is 201 g/mol. The fraction of sp³-hybridized carbons (Fsp3) is 0.200. The predicted octanol–water partition coefficient (Wildman–Crippen LogP) is 1.28. The van der Waals surface area contributed by atoms with Crippen LogP contribution in [-0.4, -0.2) is 27.0 Å². The quantitative estimate of drug-likeness (QED) is 0.793. The number of aryl methyl sites for hydroxylation is 1. The van der Waals surface area contributed by atoms with Gasteiger partial charge in [-0.2, -0.15) is 0 Å². The minimum Gasteiger partial charge on any atom is -0.373 e. The lowest BCUT2D eigenvalue weighted by Crippen LogP contribution is -1.98. The molecule has 0 fully saturated rings. The summed E-state index contributed by atoms with van der Waals surface area (Å²) < 4.78 is 0. The molecule has 5 heteroatoms. The molecule has 15 heavy (non-hydrogen) atoms. The van der Waals surface area contributed by atoms with Gasteiger partial charge in [0.15, 0.2) is 0 Å². The van der Waals surface area contributed by atoms with E-state index in [2.05, 4.69) is 25.3 Å². The van der Waals surface area contributed by atoms with E-state index < -0.39 is 0 Å². The average Bonchev–Trinajstić information content (AvgIpc) is 2.29. The number of nitrogens with zero attached hydrogens (tertiary/aromatic N) is 4. The van der Waals surface area contributed by atoms with Crippen LogP contribution in [0.15, 0.2) is 24.8 Å². The summed E-state index contributed by atoms with van der Waals surface area (Å²) in [7, 11) is 1.83. The second-order valence-electron chi connectivity index (χ2n) is 3.06. The lowest BCUT2D eigenvalue weighted by atomic mass is 10.2. The molecule has 5 nitrogen and oxygen atoms in total. The zero-order valence-electron chi connectivity index (χ0n) is 8.60. The summed E-state index contributed by atoms with van der Waals surface area (Å²) in [6.07, 6.45) is 4.96. The monoisotopic (exact) mass is 201 g/mol. The maximum atomic E-state index is 4.32. The summed E-state index contributed by atoms with van der Waals surface area (Å²) in [4.78, 5) is 16.4. The lowest BCUT2D eigenvalue weighted by molar-refractivity contribution is 1.05. The molecule has 0 bridgehead atoms. The topological polar surface area (TPSA) is 63.6 Å². The van der Waals surface area contributed by atoms with E-state index in [-0.39, 0.29) is 0 Å². The van der Waals surface area contributed by atoms with Gasteiger partial charge in [0.1, 0.15) is 18.0 Å². The van der Waals surface area contributed by atoms with Crippen molar-refractivity contribution >= 4 is 5.82 Å². The van der Waals surface area contributed by atoms with E-state index in [0.717, 1.165) is 22.9 Å². The number of nitrogens with one attached hydrogen (secondary N) is 1. The van der Waals surface area contributed by atoms with Gasteiger partial charge in [-0.05, 0) is 6.92 Å². The standard InChI is InChI=1S/C10H11N5/c1-7-14-9(3-10(11-2)15-7)8-4-12-6-13-5-8/h3-6H,1-2H3,(H,11,14,15). The zero-order valence-corrected chi connectivity index (χ0v) is 8.60. The fourth-order valence-corrected chi connectivity index (χ4v) is 1.28. The normalized spacial score (nSPS) is 10.0. The van der Waals surface area contributed by atoms with Gasteiger partial charge in [0, 0.05) is 31.1 Å². The Morgan fingerprint density at radius 3 is 2.53 bits per heavy atom. The third kappa shape index (κ3) is 2.07. The largest absolute Gasteiger partial charge is 0.373 e. The van der Waals surface area contributed by atoms with Gasteiger partial charge in [0.25, 0.3) is 0 Å². The van der Waals surface area contributed by atoms with Crippen LogP contribution in [0.1, 0.15) is 5.82 Å². The van der Waals surface area contributed by atoms with Crippen molar-refractivity contribution in [1.29, 1.82) is 0 Å². The smallest absolute Gasteiger partial charge is 0.130 e. The number of hydrogen-bond donors (Lipinski definition) is 1. The highest BCUT2D eigenvalue weighted by Crippen LogP contribution is 2.17. The van der Waals surface area contributed by atoms with Crippen LogP contribution < -0.4 is 5.32 Å². The van der Waals surface area contributed by atoms with Gasteiger partial charge in [-0.25, -0.2) is 19.9 Å². The summed E-state index contributed by atoms with van der Waals surface area (Å²) in [5, 5.41) is 2.99. The molecule has 0 amide bonds. The molecule has 0 unspecified atom stereocenters. The first-order valence-corrected chi connectivity index (χ1v) is 4.58. The SMILES string of the molecule is CNc1cc(-c2cncnc2)nc(C)n1. The highest BCUT2D eigenvalue weighted by molar-refractivity contribution is 5.60. The summed E-state index contributed by atoms with van der Waals surface area (Å²) in [6, 6.07) is 1.87. The van der Waals surface area contributed by atoms with Gasteiger partial charge in [-0.1, -0.05) is 0 Å². The predicted molar refractivity (Wildman–Crippen MR) is 57.3 cm³/mol. The van der Waals surface area contributed by atoms with E-state index in [0.29, 0.717) is 0 Å². The Bertz CT molecular complexity index is 455. The molecule has 2 aromatic heterocycles. The van der Waals surface area contributed by atoms with Crippen LogP contribution in [0, 0.1) is 6.92 Å². The number of hydrogen-bond acceptors (Lipinski definition) is 5. The first-order valence-electron chi connectivity index (χ1n) is 4.58. The molecule has 1 N–H and O–H groups in total. The van der Waals surface area contributed by atoms with E-state index in [9.17, 15) is 0 Å². The van der Waals surface area contributed by atoms with Crippen molar-refractivity contribution in [2.75, 3.05) is 12.4 Å². The number of rotatable bonds is 2. The Hall–Kier alpha value is -2.04. The third-order valence-electron chi connectivity index (χ3n) is 1.95. The number of aromatic nitrogens is 4. The molecular formula is C10H11N5. The Kier molecular flexibility index (Phi) is 2.53. The highest BCUT2D eigenvalue weighted by Gasteiger charge is 2.03. The van der Waals surface area contributed by atoms with Crippen LogP contribution in [0.4, 0.5) is 5.82 Å². The third-order valence-corrected chi connectivity index (χ3v) is 1.95. The van der Waals surface area contributed by atoms with Crippen molar-refractivity contribution in [3.8, 4) is 11.3 Å². The molecule has 0 saturated heterocycles. The Morgan fingerprint density at radius 1 is 1.13 bits per heavy atom. The van der Waals surface area contributed by atoms with Crippen LogP contribution in [0.5, 0.6) is 0 Å². The summed E-state index contributed by atoms with van der Waals surface area (Å²) in [5.74, 6) is 1.52. The minimum atomic E-state index is 0.723. The van der Waals surface area contributed by atoms with Gasteiger partial charge < -0.3 is 5.32 Å². The second kappa shape index (κ2) is 4.00. The van der Waals surface area contributed by atoms with Crippen molar-refractivity contribution in [2.45, 2.75) is 6.92 Å². The molecule has 0 aliphatic rings. The molecule has 0 aliphatic heterocycles. The van der Waals surface area contributed by atoms with Crippen molar-refractivity contribution < 1.29 is 0 Å². The van der Waals surface area contributed by atoms with Gasteiger partial charge in [-0.15, -0.1) is 0 Å². The molecule has 76 valence electrons. The van der Waals surface area contributed by atoms with Gasteiger partial charge in [0.2, 0.25) is 0 Å². The Labute approximate surface area is 87.6 Å². The minimum absolute atomic E-state index is 0.723. The fourth-order valence-electron chi connectivity index (χ4n) is 1.28. The maximum Gasteiger partial charge on any atom is 0.130 e. The Balaban J connectivity index is 2.49. The van der Waals surface area contributed by atoms with Crippen molar-refractivity contribution in [3.63, 3.8) is 0 Å². The molecule has 2 rings (SSSR count). The molecule has 0 saturated carbocycles. The second-order valence-corrected chi connectivity index (χ2v) is 3.06. The molecular weight excluding hydrogens is 190 g/mol. The van der Waals surface area contributed by atoms with E-state index in [1.165, 1.54) is 6.33 Å². The van der Waals surface area contributed by atoms with E-state index in [1.54, 1.807) is 12.4 Å². The molecule has 0 spiro atoms. The first-order chi connectivity index (χ1) is 7.29. The van der Waals surface area contributed by atoms with Crippen LogP contribution >= 0.6 is 0 Å². The van der Waals surface area contributed by atoms with Crippen LogP contribution in [0.25, 0.3) is 11.3 Å². The molecule has 0 aromatic carbocycles. The van der Waals surface area contributed by atoms with Gasteiger partial charge in [0.05, 0.1) is 5.69 Å². The molecule has 0 radical (unpaired) electrons. The number of anilines is 1. The van der Waals surface area contributed by atoms with Crippen LogP contribution in [0.3, 0.4) is 0 Å². The highest BCUT2D eigenvalue weighted by atomic mass is 15.0. The van der Waals surface area contributed by atoms with Crippen LogP contribution in [-0.2, 0) is 0 Å². The molecule has 2 heterocycles. The van der Waals surface area contributed by atoms with Gasteiger partial charge >= 0.3 is 0 Å². The van der Waals surface area contributed by atoms with Crippen molar-refractivity contribution in [1.82, 2.24) is 19.9 Å². The van der Waals surface area contributed by atoms with E-state index >= 15 is 0 Å². The maximum absolute atomic E-state index is 4.32. The summed E-state index contributed by atoms with van der Waals surface area (Å²) in [5.41, 5.74) is 1.71. The van der Waals surface area contributed by atoms with Crippen LogP contribution in [0.2, 0.25) is 0 Å². The molecule has 2 aromatic rings. The first kappa shape index (κ1) is 9.51. The van der Waals surface area contributed by atoms with Crippen molar-refractivity contribution in [3.05, 3.63) is 30.6 Å². The Morgan fingerprint density at radius 2 is 1.87 bits per heavy atom. The van der Waals surface area contributed by atoms with Gasteiger partial charge in [-0.3, -0.25) is 0 Å².